The van der Waals surface area contributed by atoms with Gasteiger partial charge < -0.3 is 29.9 Å². The van der Waals surface area contributed by atoms with Crippen LogP contribution >= 0.6 is 20.0 Å². The van der Waals surface area contributed by atoms with Crippen molar-refractivity contribution in [2.24, 2.45) is 0 Å². The highest BCUT2D eigenvalue weighted by Crippen LogP contribution is 2.45. The Bertz CT molecular complexity index is 1300. The number of carbonyl (C=O) groups excluding carboxylic acids is 1. The number of unbranched alkanes of at least 4 members (excludes halogenated alkanes) is 9. The number of nitrogens with one attached hydrogen (secondary N) is 2. The minimum atomic E-state index is -5.46. The summed E-state index contributed by atoms with van der Waals surface area (Å²) >= 11 is 5.02. The number of aromatic nitrogens is 2. The van der Waals surface area contributed by atoms with Crippen molar-refractivity contribution in [1.29, 1.82) is 0 Å². The van der Waals surface area contributed by atoms with Gasteiger partial charge in [-0.3, -0.25) is 28.2 Å². The predicted molar refractivity (Wildman–Crippen MR) is 159 cm³/mol. The number of aromatic amines is 1. The normalized spacial score (nSPS) is 24.9. The maximum absolute atomic E-state index is 12.9. The molecule has 45 heavy (non-hydrogen) atoms. The molecule has 5 N–H and O–H groups in total. The zero-order valence-electron chi connectivity index (χ0n) is 27.3. The van der Waals surface area contributed by atoms with Gasteiger partial charge in [0, 0.05) is 18.9 Å². The average molecular weight is 694 g/mol. The summed E-state index contributed by atoms with van der Waals surface area (Å²) in [5.74, 6) is -2.35. The molecular formula is C27H45F3N3O10PS. The van der Waals surface area contributed by atoms with Gasteiger partial charge >= 0.3 is 19.9 Å². The van der Waals surface area contributed by atoms with Gasteiger partial charge in [-0.1, -0.05) is 64.7 Å². The van der Waals surface area contributed by atoms with Crippen molar-refractivity contribution in [2.45, 2.75) is 114 Å². The van der Waals surface area contributed by atoms with Crippen LogP contribution < -0.4 is 10.9 Å². The molecule has 6 atom stereocenters. The van der Waals surface area contributed by atoms with Gasteiger partial charge in [0.25, 0.3) is 5.56 Å². The fourth-order valence-corrected chi connectivity index (χ4v) is 5.42. The first-order valence-corrected chi connectivity index (χ1v) is 16.7. The molecule has 1 aliphatic heterocycles. The molecule has 0 aromatic carbocycles. The van der Waals surface area contributed by atoms with Gasteiger partial charge in [-0.25, -0.2) is 4.57 Å². The largest absolute Gasteiger partial charge is 0.472 e. The summed E-state index contributed by atoms with van der Waals surface area (Å²) in [7, 11) is -5.46. The van der Waals surface area contributed by atoms with Crippen LogP contribution in [0.4, 0.5) is 13.2 Å². The smallest absolute Gasteiger partial charge is 0.387 e. The van der Waals surface area contributed by atoms with E-state index in [9.17, 15) is 42.4 Å². The number of halogens is 3. The summed E-state index contributed by atoms with van der Waals surface area (Å²) in [4.78, 5) is 35.5. The summed E-state index contributed by atoms with van der Waals surface area (Å²) in [5, 5.41) is 23.1. The number of aliphatic hydroxyl groups excluding tert-OH is 1. The second-order valence-electron chi connectivity index (χ2n) is 11.0. The van der Waals surface area contributed by atoms with E-state index in [0.29, 0.717) is 6.42 Å². The molecule has 0 bridgehead atoms. The molecule has 1 saturated heterocycles. The molecule has 1 aromatic rings. The molecule has 260 valence electrons. The molecule has 0 radical (unpaired) electrons. The number of amides is 1. The van der Waals surface area contributed by atoms with Crippen molar-refractivity contribution >= 4 is 25.9 Å². The topological polar surface area (TPSA) is 182 Å². The molecular weight excluding hydrogens is 646 g/mol. The number of hydrogen-bond donors (Lipinski definition) is 5. The molecule has 0 saturated carbocycles. The maximum Gasteiger partial charge on any atom is 0.472 e. The number of ether oxygens (including phenoxy) is 2. The first-order chi connectivity index (χ1) is 21.8. The van der Waals surface area contributed by atoms with Gasteiger partial charge in [0.15, 0.2) is 11.0 Å². The third-order valence-corrected chi connectivity index (χ3v) is 8.17. The monoisotopic (exact) mass is 693 g/mol. The number of aliphatic hydroxyl groups is 2. The van der Waals surface area contributed by atoms with Crippen LogP contribution in [0.3, 0.4) is 0 Å². The fraction of sp³-hybridized carbons (Fsp3) is 0.815. The van der Waals surface area contributed by atoms with Crippen LogP contribution in [-0.2, 0) is 27.9 Å². The lowest BCUT2D eigenvalue weighted by Crippen LogP contribution is -2.47. The van der Waals surface area contributed by atoms with E-state index in [-0.39, 0.29) is 11.4 Å². The van der Waals surface area contributed by atoms with Crippen molar-refractivity contribution in [3.05, 3.63) is 27.4 Å². The summed E-state index contributed by atoms with van der Waals surface area (Å²) < 4.78 is 88.6. The summed E-state index contributed by atoms with van der Waals surface area (Å²) in [6, 6.07) is -0.562. The molecule has 1 fully saturated rings. The number of H-pyrrole nitrogens is 1. The van der Waals surface area contributed by atoms with E-state index >= 15 is 0 Å². The van der Waals surface area contributed by atoms with E-state index < -0.39 is 75.3 Å². The van der Waals surface area contributed by atoms with E-state index in [1.54, 1.807) is 5.32 Å². The molecule has 0 aliphatic carbocycles. The van der Waals surface area contributed by atoms with Gasteiger partial charge in [-0.05, 0) is 25.6 Å². The van der Waals surface area contributed by atoms with Crippen LogP contribution in [0, 0.1) is 4.77 Å². The molecule has 1 aliphatic rings. The Morgan fingerprint density at radius 2 is 1.80 bits per heavy atom. The second-order valence-corrected chi connectivity index (χ2v) is 12.8. The highest BCUT2D eigenvalue weighted by atomic mass is 32.1. The molecule has 0 spiro atoms. The first kappa shape index (κ1) is 36.2. The van der Waals surface area contributed by atoms with Crippen LogP contribution in [0.1, 0.15) is 87.0 Å². The van der Waals surface area contributed by atoms with Gasteiger partial charge in [-0.2, -0.15) is 13.2 Å². The van der Waals surface area contributed by atoms with Crippen LogP contribution in [0.25, 0.3) is 0 Å². The minimum Gasteiger partial charge on any atom is -0.387 e. The summed E-state index contributed by atoms with van der Waals surface area (Å²) in [6.07, 6.45) is 0.544. The third-order valence-electron chi connectivity index (χ3n) is 7.04. The van der Waals surface area contributed by atoms with Gasteiger partial charge in [-0.15, -0.1) is 0 Å². The lowest BCUT2D eigenvalue weighted by molar-refractivity contribution is -0.175. The molecule has 1 amide bonds. The molecule has 18 heteroatoms. The fourth-order valence-electron chi connectivity index (χ4n) is 4.50. The summed E-state index contributed by atoms with van der Waals surface area (Å²) in [5.41, 5.74) is -2.86. The Morgan fingerprint density at radius 3 is 2.38 bits per heavy atom. The minimum absolute atomic E-state index is 0.141. The Balaban J connectivity index is 1.95. The molecule has 1 aromatic heterocycles. The number of hydrogen-bond acceptors (Lipinski definition) is 10. The van der Waals surface area contributed by atoms with Crippen molar-refractivity contribution < 1.29 is 58.9 Å². The number of alkyl halides is 3. The van der Waals surface area contributed by atoms with Gasteiger partial charge in [0.1, 0.15) is 17.8 Å². The average Bonchev–Trinajstić information content (AvgIpc) is 3.20. The van der Waals surface area contributed by atoms with Gasteiger partial charge in [0.2, 0.25) is 0 Å². The Hall–Kier alpha value is -1.69. The lowest BCUT2D eigenvalue weighted by Gasteiger charge is -2.28. The van der Waals surface area contributed by atoms with Crippen LogP contribution in [0.5, 0.6) is 0 Å². The van der Waals surface area contributed by atoms with Crippen molar-refractivity contribution in [3.63, 3.8) is 0 Å². The number of phosphoric ester groups is 1. The van der Waals surface area contributed by atoms with E-state index in [4.69, 9.17) is 29.0 Å². The standard InChI is InChI=1S/C27H45F3N3O10PS/c1-3-4-5-6-7-8-9-10-11-12-15-40-16-19(31-23(36)27(28,29)30)17-41-44(38,39)42-18-20-22(35)26(2,37)24(43-20)33-14-13-21(34)32-25(33)45/h13-14,19-20,22,24,35,37H,3-12,15-18H2,1-2H3,(H,31,36)(H,38,39)(H,32,34,45)/t19?,20-,22+,24-,26?/m1/s1/i18D2. The Labute approximate surface area is 267 Å². The lowest BCUT2D eigenvalue weighted by atomic mass is 9.96. The first-order valence-electron chi connectivity index (χ1n) is 15.8. The number of nitrogens with zero attached hydrogens (tertiary/aromatic N) is 1. The van der Waals surface area contributed by atoms with Gasteiger partial charge in [0.05, 0.1) is 28.6 Å². The zero-order chi connectivity index (χ0) is 35.5. The molecule has 13 nitrogen and oxygen atoms in total. The highest BCUT2D eigenvalue weighted by Gasteiger charge is 2.53. The molecule has 3 unspecified atom stereocenters. The van der Waals surface area contributed by atoms with Crippen LogP contribution in [0.2, 0.25) is 0 Å². The molecule has 2 rings (SSSR count). The number of phosphoric acid groups is 1. The van der Waals surface area contributed by atoms with Crippen LogP contribution in [-0.4, -0.2) is 87.0 Å². The number of rotatable bonds is 21. The SMILES string of the molecule is [2H]C([2H])(OP(=O)(O)OCC(COCCCCCCCCCCCC)NC(=O)C(F)(F)F)[C@H]1O[C@@H](n2ccc(=O)[nH]c2=S)C(C)(O)[C@H]1O. The van der Waals surface area contributed by atoms with E-state index in [2.05, 4.69) is 16.4 Å². The maximum atomic E-state index is 12.9. The van der Waals surface area contributed by atoms with Crippen molar-refractivity contribution in [3.8, 4) is 0 Å². The van der Waals surface area contributed by atoms with E-state index in [0.717, 1.165) is 49.4 Å². The zero-order valence-corrected chi connectivity index (χ0v) is 27.0. The predicted octanol–water partition coefficient (Wildman–Crippen LogP) is 4.03. The third kappa shape index (κ3) is 13.5. The van der Waals surface area contributed by atoms with E-state index in [1.165, 1.54) is 32.1 Å². The molecule has 2 heterocycles. The Morgan fingerprint density at radius 1 is 1.20 bits per heavy atom. The van der Waals surface area contributed by atoms with Crippen LogP contribution in [0.15, 0.2) is 17.1 Å². The number of carbonyl (C=O) groups is 1. The second kappa shape index (κ2) is 18.6. The summed E-state index contributed by atoms with van der Waals surface area (Å²) in [6.45, 7) is -1.57. The van der Waals surface area contributed by atoms with Crippen molar-refractivity contribution in [2.75, 3.05) is 26.4 Å². The van der Waals surface area contributed by atoms with Crippen molar-refractivity contribution in [1.82, 2.24) is 14.9 Å². The van der Waals surface area contributed by atoms with E-state index in [1.807, 2.05) is 0 Å². The Kier molecular flexibility index (Phi) is 14.9. The quantitative estimate of drug-likeness (QED) is 0.0713. The highest BCUT2D eigenvalue weighted by molar-refractivity contribution is 7.71.